The molecule has 1 aliphatic heterocycles. The van der Waals surface area contributed by atoms with E-state index in [1.54, 1.807) is 0 Å². The van der Waals surface area contributed by atoms with Crippen LogP contribution in [0.4, 0.5) is 0 Å². The predicted molar refractivity (Wildman–Crippen MR) is 56.1 cm³/mol. The Kier molecular flexibility index (Phi) is 2.54. The van der Waals surface area contributed by atoms with Crippen molar-refractivity contribution in [2.75, 3.05) is 13.6 Å². The summed E-state index contributed by atoms with van der Waals surface area (Å²) in [4.78, 5) is 25.2. The maximum Gasteiger partial charge on any atom is 0.230 e. The molecule has 0 aromatic carbocycles. The number of nitrogens with one attached hydrogen (secondary N) is 1. The van der Waals surface area contributed by atoms with E-state index < -0.39 is 0 Å². The highest BCUT2D eigenvalue weighted by molar-refractivity contribution is 5.99. The molecule has 15 heavy (non-hydrogen) atoms. The van der Waals surface area contributed by atoms with E-state index in [4.69, 9.17) is 0 Å². The lowest BCUT2D eigenvalue weighted by molar-refractivity contribution is -0.153. The minimum Gasteiger partial charge on any atom is -0.318 e. The number of nitrogens with zero attached hydrogens (tertiary/aromatic N) is 1. The summed E-state index contributed by atoms with van der Waals surface area (Å²) in [5.74, 6) is 0.0398. The third kappa shape index (κ3) is 1.91. The Morgan fingerprint density at radius 2 is 1.87 bits per heavy atom. The highest BCUT2D eigenvalue weighted by Gasteiger charge is 2.51. The zero-order chi connectivity index (χ0) is 11.1. The van der Waals surface area contributed by atoms with Crippen molar-refractivity contribution in [1.29, 1.82) is 0 Å². The molecule has 2 fully saturated rings. The van der Waals surface area contributed by atoms with Crippen molar-refractivity contribution in [1.82, 2.24) is 10.2 Å². The normalized spacial score (nSPS) is 25.9. The summed E-state index contributed by atoms with van der Waals surface area (Å²) < 4.78 is 0. The first kappa shape index (κ1) is 10.6. The molecule has 1 unspecified atom stereocenters. The van der Waals surface area contributed by atoms with E-state index in [0.29, 0.717) is 19.4 Å². The molecule has 0 bridgehead atoms. The molecule has 1 atom stereocenters. The van der Waals surface area contributed by atoms with Gasteiger partial charge in [0.1, 0.15) is 0 Å². The van der Waals surface area contributed by atoms with Gasteiger partial charge in [-0.05, 0) is 32.2 Å². The number of amides is 2. The highest BCUT2D eigenvalue weighted by atomic mass is 16.2. The molecule has 1 spiro atoms. The van der Waals surface area contributed by atoms with Crippen molar-refractivity contribution < 1.29 is 9.59 Å². The topological polar surface area (TPSA) is 49.4 Å². The van der Waals surface area contributed by atoms with E-state index in [1.165, 1.54) is 4.90 Å². The van der Waals surface area contributed by atoms with Crippen LogP contribution in [0.3, 0.4) is 0 Å². The molecule has 84 valence electrons. The quantitative estimate of drug-likeness (QED) is 0.691. The number of hydrogen-bond donors (Lipinski definition) is 1. The Morgan fingerprint density at radius 3 is 2.27 bits per heavy atom. The van der Waals surface area contributed by atoms with Crippen LogP contribution >= 0.6 is 0 Å². The maximum absolute atomic E-state index is 11.9. The molecule has 2 amide bonds. The minimum absolute atomic E-state index is 0.0199. The molecule has 1 aliphatic carbocycles. The molecule has 0 radical (unpaired) electrons. The van der Waals surface area contributed by atoms with Gasteiger partial charge in [0.2, 0.25) is 11.8 Å². The number of likely N-dealkylation sites (tertiary alicyclic amines) is 1. The molecular formula is C11H18N2O2. The molecule has 2 rings (SSSR count). The van der Waals surface area contributed by atoms with E-state index in [1.807, 2.05) is 14.0 Å². The second kappa shape index (κ2) is 3.59. The van der Waals surface area contributed by atoms with Gasteiger partial charge in [-0.2, -0.15) is 0 Å². The number of hydrogen-bond acceptors (Lipinski definition) is 3. The van der Waals surface area contributed by atoms with Crippen LogP contribution in [0.15, 0.2) is 0 Å². The third-order valence-electron chi connectivity index (χ3n) is 3.49. The molecule has 4 nitrogen and oxygen atoms in total. The Labute approximate surface area is 90.0 Å². The largest absolute Gasteiger partial charge is 0.318 e. The SMILES string of the molecule is CNCC(C)N1C(=O)CC2(CC2)CC1=O. The summed E-state index contributed by atoms with van der Waals surface area (Å²) in [6.07, 6.45) is 3.26. The second-order valence-electron chi connectivity index (χ2n) is 4.92. The van der Waals surface area contributed by atoms with Gasteiger partial charge < -0.3 is 5.32 Å². The molecule has 4 heteroatoms. The van der Waals surface area contributed by atoms with Gasteiger partial charge in [0.05, 0.1) is 0 Å². The lowest BCUT2D eigenvalue weighted by atomic mass is 9.91. The molecule has 1 N–H and O–H groups in total. The van der Waals surface area contributed by atoms with Crippen molar-refractivity contribution >= 4 is 11.8 Å². The summed E-state index contributed by atoms with van der Waals surface area (Å²) >= 11 is 0. The van der Waals surface area contributed by atoms with Gasteiger partial charge >= 0.3 is 0 Å². The summed E-state index contributed by atoms with van der Waals surface area (Å²) in [6, 6.07) is -0.0221. The van der Waals surface area contributed by atoms with E-state index in [0.717, 1.165) is 12.8 Å². The number of carbonyl (C=O) groups excluding carboxylic acids is 2. The van der Waals surface area contributed by atoms with Crippen molar-refractivity contribution in [2.24, 2.45) is 5.41 Å². The van der Waals surface area contributed by atoms with Crippen LogP contribution in [0.25, 0.3) is 0 Å². The number of likely N-dealkylation sites (N-methyl/N-ethyl adjacent to an activating group) is 1. The summed E-state index contributed by atoms with van der Waals surface area (Å²) in [5.41, 5.74) is 0.0734. The van der Waals surface area contributed by atoms with Crippen LogP contribution in [0.5, 0.6) is 0 Å². The lowest BCUT2D eigenvalue weighted by Gasteiger charge is -2.34. The highest BCUT2D eigenvalue weighted by Crippen LogP contribution is 2.54. The van der Waals surface area contributed by atoms with Gasteiger partial charge in [-0.1, -0.05) is 0 Å². The van der Waals surface area contributed by atoms with E-state index in [2.05, 4.69) is 5.32 Å². The van der Waals surface area contributed by atoms with Gasteiger partial charge in [0, 0.05) is 25.4 Å². The molecule has 1 saturated carbocycles. The fraction of sp³-hybridized carbons (Fsp3) is 0.818. The first-order chi connectivity index (χ1) is 7.08. The van der Waals surface area contributed by atoms with Gasteiger partial charge in [0.15, 0.2) is 0 Å². The predicted octanol–water partition coefficient (Wildman–Crippen LogP) is 0.523. The number of carbonyl (C=O) groups is 2. The lowest BCUT2D eigenvalue weighted by Crippen LogP contribution is -2.51. The monoisotopic (exact) mass is 210 g/mol. The molecule has 1 heterocycles. The molecular weight excluding hydrogens is 192 g/mol. The average molecular weight is 210 g/mol. The van der Waals surface area contributed by atoms with E-state index in [9.17, 15) is 9.59 Å². The Hall–Kier alpha value is -0.900. The first-order valence-electron chi connectivity index (χ1n) is 5.57. The maximum atomic E-state index is 11.9. The Balaban J connectivity index is 2.05. The van der Waals surface area contributed by atoms with Crippen molar-refractivity contribution in [3.8, 4) is 0 Å². The van der Waals surface area contributed by atoms with E-state index >= 15 is 0 Å². The van der Waals surface area contributed by atoms with Crippen molar-refractivity contribution in [3.63, 3.8) is 0 Å². The Bertz CT molecular complexity index is 277. The zero-order valence-electron chi connectivity index (χ0n) is 9.38. The number of rotatable bonds is 3. The first-order valence-corrected chi connectivity index (χ1v) is 5.57. The fourth-order valence-corrected chi connectivity index (χ4v) is 2.42. The summed E-state index contributed by atoms with van der Waals surface area (Å²) in [6.45, 7) is 2.58. The van der Waals surface area contributed by atoms with Gasteiger partial charge in [-0.3, -0.25) is 14.5 Å². The third-order valence-corrected chi connectivity index (χ3v) is 3.49. The molecule has 2 aliphatic rings. The standard InChI is InChI=1S/C11H18N2O2/c1-8(7-12-2)13-9(14)5-11(3-4-11)6-10(13)15/h8,12H,3-7H2,1-2H3. The van der Waals surface area contributed by atoms with Crippen LogP contribution in [0.2, 0.25) is 0 Å². The van der Waals surface area contributed by atoms with Crippen LogP contribution in [0, 0.1) is 5.41 Å². The minimum atomic E-state index is -0.0221. The summed E-state index contributed by atoms with van der Waals surface area (Å²) in [5, 5.41) is 3.00. The number of piperidine rings is 1. The molecule has 0 aromatic rings. The van der Waals surface area contributed by atoms with Crippen LogP contribution in [-0.2, 0) is 9.59 Å². The second-order valence-corrected chi connectivity index (χ2v) is 4.92. The van der Waals surface area contributed by atoms with Crippen molar-refractivity contribution in [3.05, 3.63) is 0 Å². The zero-order valence-corrected chi connectivity index (χ0v) is 9.38. The van der Waals surface area contributed by atoms with Crippen molar-refractivity contribution in [2.45, 2.75) is 38.6 Å². The van der Waals surface area contributed by atoms with Gasteiger partial charge in [0.25, 0.3) is 0 Å². The molecule has 0 aromatic heterocycles. The number of imide groups is 1. The van der Waals surface area contributed by atoms with Crippen LogP contribution < -0.4 is 5.32 Å². The van der Waals surface area contributed by atoms with Gasteiger partial charge in [-0.25, -0.2) is 0 Å². The Morgan fingerprint density at radius 1 is 1.33 bits per heavy atom. The summed E-state index contributed by atoms with van der Waals surface area (Å²) in [7, 11) is 1.83. The smallest absolute Gasteiger partial charge is 0.230 e. The fourth-order valence-electron chi connectivity index (χ4n) is 2.42. The van der Waals surface area contributed by atoms with Crippen LogP contribution in [-0.4, -0.2) is 36.3 Å². The molecule has 1 saturated heterocycles. The van der Waals surface area contributed by atoms with Crippen LogP contribution in [0.1, 0.15) is 32.6 Å². The average Bonchev–Trinajstić information content (AvgIpc) is 2.83. The van der Waals surface area contributed by atoms with Gasteiger partial charge in [-0.15, -0.1) is 0 Å². The van der Waals surface area contributed by atoms with E-state index in [-0.39, 0.29) is 23.3 Å².